The Balaban J connectivity index is 1.97. The van der Waals surface area contributed by atoms with Crippen molar-refractivity contribution in [3.63, 3.8) is 0 Å². The van der Waals surface area contributed by atoms with E-state index in [4.69, 9.17) is 11.6 Å². The summed E-state index contributed by atoms with van der Waals surface area (Å²) in [5.74, 6) is 0.180. The van der Waals surface area contributed by atoms with Gasteiger partial charge in [-0.15, -0.1) is 0 Å². The smallest absolute Gasteiger partial charge is 0.242 e. The Labute approximate surface area is 126 Å². The van der Waals surface area contributed by atoms with Crippen LogP contribution in [-0.4, -0.2) is 29.4 Å². The maximum atomic E-state index is 12.4. The third-order valence-corrected chi connectivity index (χ3v) is 4.34. The summed E-state index contributed by atoms with van der Waals surface area (Å²) in [5, 5.41) is 3.95. The molecule has 0 bridgehead atoms. The van der Waals surface area contributed by atoms with E-state index >= 15 is 0 Å². The van der Waals surface area contributed by atoms with Crippen molar-refractivity contribution in [2.45, 2.75) is 52.1 Å². The van der Waals surface area contributed by atoms with E-state index in [1.807, 2.05) is 30.0 Å². The second kappa shape index (κ2) is 6.49. The van der Waals surface area contributed by atoms with Gasteiger partial charge >= 0.3 is 0 Å². The normalized spacial score (nSPS) is 22.7. The Hall–Kier alpha value is -1.22. The summed E-state index contributed by atoms with van der Waals surface area (Å²) in [6.45, 7) is 6.62. The number of nitrogens with one attached hydrogen (secondary N) is 1. The molecule has 110 valence electrons. The summed E-state index contributed by atoms with van der Waals surface area (Å²) >= 11 is 5.94. The Bertz CT molecular complexity index is 479. The van der Waals surface area contributed by atoms with E-state index in [-0.39, 0.29) is 5.91 Å². The van der Waals surface area contributed by atoms with Gasteiger partial charge in [0, 0.05) is 22.8 Å². The van der Waals surface area contributed by atoms with E-state index in [1.165, 1.54) is 6.42 Å². The predicted octanol–water partition coefficient (Wildman–Crippen LogP) is 3.85. The highest BCUT2D eigenvalue weighted by Crippen LogP contribution is 2.23. The molecule has 0 aromatic heterocycles. The van der Waals surface area contributed by atoms with E-state index < -0.39 is 0 Å². The Morgan fingerprint density at radius 2 is 2.00 bits per heavy atom. The third kappa shape index (κ3) is 3.45. The molecule has 1 saturated heterocycles. The lowest BCUT2D eigenvalue weighted by Crippen LogP contribution is -2.49. The van der Waals surface area contributed by atoms with Gasteiger partial charge in [0.15, 0.2) is 0 Å². The molecule has 1 aromatic rings. The van der Waals surface area contributed by atoms with Crippen molar-refractivity contribution in [1.29, 1.82) is 0 Å². The summed E-state index contributed by atoms with van der Waals surface area (Å²) in [6, 6.07) is 6.36. The van der Waals surface area contributed by atoms with Gasteiger partial charge in [0.2, 0.25) is 5.91 Å². The average Bonchev–Trinajstić information content (AvgIpc) is 2.37. The van der Waals surface area contributed by atoms with Crippen LogP contribution in [0.15, 0.2) is 18.2 Å². The summed E-state index contributed by atoms with van der Waals surface area (Å²) < 4.78 is 0. The summed E-state index contributed by atoms with van der Waals surface area (Å²) in [4.78, 5) is 14.4. The monoisotopic (exact) mass is 294 g/mol. The standard InChI is InChI=1S/C16H23ClN2O/c1-11-9-14(17)7-8-15(11)18-10-16(20)19-12(2)5-4-6-13(19)3/h7-9,12-13,18H,4-6,10H2,1-3H3. The molecule has 0 spiro atoms. The fraction of sp³-hybridized carbons (Fsp3) is 0.562. The van der Waals surface area contributed by atoms with E-state index in [1.54, 1.807) is 0 Å². The van der Waals surface area contributed by atoms with Crippen molar-refractivity contribution >= 4 is 23.2 Å². The van der Waals surface area contributed by atoms with Crippen LogP contribution < -0.4 is 5.32 Å². The number of likely N-dealkylation sites (tertiary alicyclic amines) is 1. The first kappa shape index (κ1) is 15.2. The zero-order valence-corrected chi connectivity index (χ0v) is 13.2. The molecular formula is C16H23ClN2O. The van der Waals surface area contributed by atoms with Crippen LogP contribution in [0.3, 0.4) is 0 Å². The highest BCUT2D eigenvalue weighted by molar-refractivity contribution is 6.30. The molecule has 1 aliphatic rings. The molecule has 0 radical (unpaired) electrons. The first-order valence-electron chi connectivity index (χ1n) is 7.30. The molecule has 0 aliphatic carbocycles. The lowest BCUT2D eigenvalue weighted by Gasteiger charge is -2.39. The van der Waals surface area contributed by atoms with Crippen LogP contribution >= 0.6 is 11.6 Å². The molecule has 2 unspecified atom stereocenters. The van der Waals surface area contributed by atoms with Gasteiger partial charge in [-0.3, -0.25) is 4.79 Å². The number of piperidine rings is 1. The van der Waals surface area contributed by atoms with Crippen molar-refractivity contribution in [3.05, 3.63) is 28.8 Å². The number of aryl methyl sites for hydroxylation is 1. The fourth-order valence-corrected chi connectivity index (χ4v) is 3.23. The second-order valence-corrected chi connectivity index (χ2v) is 6.18. The van der Waals surface area contributed by atoms with Crippen molar-refractivity contribution < 1.29 is 4.79 Å². The average molecular weight is 295 g/mol. The number of halogens is 1. The number of nitrogens with zero attached hydrogens (tertiary/aromatic N) is 1. The largest absolute Gasteiger partial charge is 0.376 e. The van der Waals surface area contributed by atoms with Gasteiger partial charge in [-0.2, -0.15) is 0 Å². The van der Waals surface area contributed by atoms with Gasteiger partial charge < -0.3 is 10.2 Å². The lowest BCUT2D eigenvalue weighted by atomic mass is 9.97. The number of hydrogen-bond acceptors (Lipinski definition) is 2. The number of amides is 1. The second-order valence-electron chi connectivity index (χ2n) is 5.74. The molecule has 3 nitrogen and oxygen atoms in total. The maximum Gasteiger partial charge on any atom is 0.242 e. The van der Waals surface area contributed by atoms with Crippen molar-refractivity contribution in [1.82, 2.24) is 4.90 Å². The molecule has 2 rings (SSSR count). The highest BCUT2D eigenvalue weighted by atomic mass is 35.5. The van der Waals surface area contributed by atoms with Crippen molar-refractivity contribution in [2.75, 3.05) is 11.9 Å². The molecular weight excluding hydrogens is 272 g/mol. The fourth-order valence-electron chi connectivity index (χ4n) is 3.00. The minimum atomic E-state index is 0.180. The van der Waals surface area contributed by atoms with Gasteiger partial charge in [0.25, 0.3) is 0 Å². The molecule has 1 amide bonds. The van der Waals surface area contributed by atoms with Crippen LogP contribution in [0.1, 0.15) is 38.7 Å². The number of hydrogen-bond donors (Lipinski definition) is 1. The molecule has 2 atom stereocenters. The quantitative estimate of drug-likeness (QED) is 0.918. The molecule has 1 fully saturated rings. The molecule has 1 heterocycles. The Morgan fingerprint density at radius 3 is 2.60 bits per heavy atom. The maximum absolute atomic E-state index is 12.4. The van der Waals surface area contributed by atoms with Crippen LogP contribution in [0.5, 0.6) is 0 Å². The van der Waals surface area contributed by atoms with Crippen LogP contribution in [0, 0.1) is 6.92 Å². The summed E-state index contributed by atoms with van der Waals surface area (Å²) in [7, 11) is 0. The lowest BCUT2D eigenvalue weighted by molar-refractivity contribution is -0.135. The van der Waals surface area contributed by atoms with Gasteiger partial charge in [-0.05, 0) is 63.8 Å². The number of anilines is 1. The van der Waals surface area contributed by atoms with Gasteiger partial charge in [0.1, 0.15) is 0 Å². The molecule has 1 aromatic carbocycles. The van der Waals surface area contributed by atoms with Crippen LogP contribution in [-0.2, 0) is 4.79 Å². The molecule has 0 saturated carbocycles. The van der Waals surface area contributed by atoms with E-state index in [0.717, 1.165) is 29.1 Å². The van der Waals surface area contributed by atoms with Gasteiger partial charge in [0.05, 0.1) is 6.54 Å². The zero-order valence-electron chi connectivity index (χ0n) is 12.4. The molecule has 4 heteroatoms. The van der Waals surface area contributed by atoms with E-state index in [0.29, 0.717) is 18.6 Å². The van der Waals surface area contributed by atoms with Crippen LogP contribution in [0.2, 0.25) is 5.02 Å². The van der Waals surface area contributed by atoms with Gasteiger partial charge in [-0.25, -0.2) is 0 Å². The van der Waals surface area contributed by atoms with E-state index in [2.05, 4.69) is 19.2 Å². The molecule has 1 N–H and O–H groups in total. The molecule has 1 aliphatic heterocycles. The van der Waals surface area contributed by atoms with Gasteiger partial charge in [-0.1, -0.05) is 11.6 Å². The van der Waals surface area contributed by atoms with Crippen LogP contribution in [0.25, 0.3) is 0 Å². The number of rotatable bonds is 3. The van der Waals surface area contributed by atoms with Crippen LogP contribution in [0.4, 0.5) is 5.69 Å². The zero-order chi connectivity index (χ0) is 14.7. The number of carbonyl (C=O) groups excluding carboxylic acids is 1. The van der Waals surface area contributed by atoms with E-state index in [9.17, 15) is 4.79 Å². The first-order chi connectivity index (χ1) is 9.49. The van der Waals surface area contributed by atoms with Crippen molar-refractivity contribution in [2.24, 2.45) is 0 Å². The Kier molecular flexibility index (Phi) is 4.92. The topological polar surface area (TPSA) is 32.3 Å². The highest BCUT2D eigenvalue weighted by Gasteiger charge is 2.28. The summed E-state index contributed by atoms with van der Waals surface area (Å²) in [5.41, 5.74) is 2.03. The third-order valence-electron chi connectivity index (χ3n) is 4.10. The molecule has 20 heavy (non-hydrogen) atoms. The predicted molar refractivity (Wildman–Crippen MR) is 84.3 cm³/mol. The van der Waals surface area contributed by atoms with Crippen molar-refractivity contribution in [3.8, 4) is 0 Å². The first-order valence-corrected chi connectivity index (χ1v) is 7.68. The minimum absolute atomic E-state index is 0.180. The summed E-state index contributed by atoms with van der Waals surface area (Å²) in [6.07, 6.45) is 3.43. The minimum Gasteiger partial charge on any atom is -0.376 e. The number of benzene rings is 1. The Morgan fingerprint density at radius 1 is 1.35 bits per heavy atom. The SMILES string of the molecule is Cc1cc(Cl)ccc1NCC(=O)N1C(C)CCCC1C. The number of carbonyl (C=O) groups is 1.